The zero-order valence-corrected chi connectivity index (χ0v) is 11.3. The molecule has 2 rings (SSSR count). The van der Waals surface area contributed by atoms with Crippen molar-refractivity contribution in [3.63, 3.8) is 0 Å². The van der Waals surface area contributed by atoms with Crippen LogP contribution in [0.1, 0.15) is 21.5 Å². The molecule has 2 aromatic rings. The summed E-state index contributed by atoms with van der Waals surface area (Å²) in [4.78, 5) is 21.4. The predicted molar refractivity (Wildman–Crippen MR) is 75.9 cm³/mol. The van der Waals surface area contributed by atoms with E-state index >= 15 is 0 Å². The van der Waals surface area contributed by atoms with Gasteiger partial charge in [-0.15, -0.1) is 0 Å². The zero-order chi connectivity index (χ0) is 15.4. The second-order valence-corrected chi connectivity index (χ2v) is 4.43. The van der Waals surface area contributed by atoms with Crippen LogP contribution in [0.3, 0.4) is 0 Å². The monoisotopic (exact) mass is 287 g/mol. The minimum Gasteiger partial charge on any atom is -0.497 e. The molecule has 0 aliphatic heterocycles. The van der Waals surface area contributed by atoms with Crippen LogP contribution < -0.4 is 4.74 Å². The number of non-ortho nitro benzene ring substituents is 1. The van der Waals surface area contributed by atoms with Crippen LogP contribution in [-0.2, 0) is 6.42 Å². The Morgan fingerprint density at radius 2 is 2.05 bits per heavy atom. The number of carbonyl (C=O) groups is 1. The summed E-state index contributed by atoms with van der Waals surface area (Å²) < 4.78 is 5.12. The second-order valence-electron chi connectivity index (χ2n) is 4.43. The number of ether oxygens (including phenoxy) is 1. The summed E-state index contributed by atoms with van der Waals surface area (Å²) in [5.74, 6) is -0.511. The summed E-state index contributed by atoms with van der Waals surface area (Å²) in [6.07, 6.45) is 0.358. The lowest BCUT2D eigenvalue weighted by Gasteiger charge is -2.07. The van der Waals surface area contributed by atoms with E-state index in [4.69, 9.17) is 4.74 Å². The van der Waals surface area contributed by atoms with Gasteiger partial charge in [-0.05, 0) is 29.7 Å². The van der Waals surface area contributed by atoms with E-state index in [1.807, 2.05) is 6.07 Å². The molecule has 0 radical (unpaired) electrons. The van der Waals surface area contributed by atoms with Crippen LogP contribution in [0, 0.1) is 10.1 Å². The fourth-order valence-electron chi connectivity index (χ4n) is 2.03. The minimum atomic E-state index is -1.18. The molecule has 6 heteroatoms. The molecule has 0 saturated carbocycles. The third kappa shape index (κ3) is 3.36. The lowest BCUT2D eigenvalue weighted by Crippen LogP contribution is -2.04. The summed E-state index contributed by atoms with van der Waals surface area (Å²) >= 11 is 0. The van der Waals surface area contributed by atoms with Gasteiger partial charge in [0, 0.05) is 12.1 Å². The van der Waals surface area contributed by atoms with E-state index in [1.165, 1.54) is 12.1 Å². The van der Waals surface area contributed by atoms with Gasteiger partial charge in [-0.2, -0.15) is 0 Å². The molecule has 0 aromatic heterocycles. The number of nitrogens with zero attached hydrogens (tertiary/aromatic N) is 1. The molecule has 0 aliphatic rings. The maximum Gasteiger partial charge on any atom is 0.336 e. The first-order valence-corrected chi connectivity index (χ1v) is 6.15. The summed E-state index contributed by atoms with van der Waals surface area (Å²) in [7, 11) is 1.55. The minimum absolute atomic E-state index is 0.0629. The molecule has 0 atom stereocenters. The Kier molecular flexibility index (Phi) is 4.18. The van der Waals surface area contributed by atoms with Crippen molar-refractivity contribution in [2.24, 2.45) is 0 Å². The van der Waals surface area contributed by atoms with Crippen LogP contribution in [0.25, 0.3) is 0 Å². The number of aromatic carboxylic acids is 1. The Bertz CT molecular complexity index is 696. The molecule has 108 valence electrons. The molecule has 21 heavy (non-hydrogen) atoms. The van der Waals surface area contributed by atoms with Gasteiger partial charge in [0.2, 0.25) is 0 Å². The Morgan fingerprint density at radius 1 is 1.29 bits per heavy atom. The molecule has 0 spiro atoms. The number of methoxy groups -OCH3 is 1. The molecule has 0 unspecified atom stereocenters. The van der Waals surface area contributed by atoms with Gasteiger partial charge in [-0.1, -0.05) is 18.2 Å². The standard InChI is InChI=1S/C15H13NO5/c1-21-13-4-2-3-10(8-13)7-11-5-6-12(16(19)20)9-14(11)15(17)18/h2-6,8-9H,7H2,1H3,(H,17,18). The number of nitro groups is 1. The number of carboxylic acids is 1. The third-order valence-corrected chi connectivity index (χ3v) is 3.06. The van der Waals surface area contributed by atoms with Crippen molar-refractivity contribution < 1.29 is 19.6 Å². The van der Waals surface area contributed by atoms with Crippen molar-refractivity contribution >= 4 is 11.7 Å². The average molecular weight is 287 g/mol. The molecule has 0 aliphatic carbocycles. The Balaban J connectivity index is 2.38. The number of benzene rings is 2. The Hall–Kier alpha value is -2.89. The van der Waals surface area contributed by atoms with E-state index in [0.29, 0.717) is 17.7 Å². The van der Waals surface area contributed by atoms with E-state index in [2.05, 4.69) is 0 Å². The molecule has 0 saturated heterocycles. The summed E-state index contributed by atoms with van der Waals surface area (Å²) in [6, 6.07) is 11.1. The predicted octanol–water partition coefficient (Wildman–Crippen LogP) is 2.89. The van der Waals surface area contributed by atoms with Crippen LogP contribution in [0.5, 0.6) is 5.75 Å². The first-order valence-electron chi connectivity index (χ1n) is 6.15. The van der Waals surface area contributed by atoms with E-state index in [-0.39, 0.29) is 11.3 Å². The number of hydrogen-bond acceptors (Lipinski definition) is 4. The maximum absolute atomic E-state index is 11.3. The van der Waals surface area contributed by atoms with Gasteiger partial charge in [0.05, 0.1) is 17.6 Å². The van der Waals surface area contributed by atoms with Crippen LogP contribution in [0.15, 0.2) is 42.5 Å². The molecule has 0 fully saturated rings. The normalized spacial score (nSPS) is 10.1. The van der Waals surface area contributed by atoms with Crippen molar-refractivity contribution in [1.29, 1.82) is 0 Å². The van der Waals surface area contributed by atoms with Gasteiger partial charge in [0.25, 0.3) is 5.69 Å². The number of hydrogen-bond donors (Lipinski definition) is 1. The summed E-state index contributed by atoms with van der Waals surface area (Å²) in [5.41, 5.74) is 1.08. The maximum atomic E-state index is 11.3. The van der Waals surface area contributed by atoms with Gasteiger partial charge in [-0.25, -0.2) is 4.79 Å². The molecule has 6 nitrogen and oxygen atoms in total. The highest BCUT2D eigenvalue weighted by Crippen LogP contribution is 2.22. The van der Waals surface area contributed by atoms with Gasteiger partial charge in [0.15, 0.2) is 0 Å². The third-order valence-electron chi connectivity index (χ3n) is 3.06. The topological polar surface area (TPSA) is 89.7 Å². The Labute approximate surface area is 120 Å². The molecule has 0 bridgehead atoms. The van der Waals surface area contributed by atoms with Crippen molar-refractivity contribution in [3.8, 4) is 5.75 Å². The van der Waals surface area contributed by atoms with Crippen molar-refractivity contribution in [2.45, 2.75) is 6.42 Å². The number of nitro benzene ring substituents is 1. The van der Waals surface area contributed by atoms with Gasteiger partial charge in [-0.3, -0.25) is 10.1 Å². The molecule has 0 heterocycles. The fraction of sp³-hybridized carbons (Fsp3) is 0.133. The first-order chi connectivity index (χ1) is 10.0. The van der Waals surface area contributed by atoms with Crippen molar-refractivity contribution in [3.05, 3.63) is 69.3 Å². The highest BCUT2D eigenvalue weighted by molar-refractivity contribution is 5.90. The second kappa shape index (κ2) is 6.04. The molecular weight excluding hydrogens is 274 g/mol. The lowest BCUT2D eigenvalue weighted by atomic mass is 9.99. The van der Waals surface area contributed by atoms with Crippen LogP contribution in [-0.4, -0.2) is 23.1 Å². The summed E-state index contributed by atoms with van der Waals surface area (Å²) in [6.45, 7) is 0. The highest BCUT2D eigenvalue weighted by atomic mass is 16.6. The van der Waals surface area contributed by atoms with Gasteiger partial charge in [0.1, 0.15) is 5.75 Å². The average Bonchev–Trinajstić information content (AvgIpc) is 2.47. The molecule has 0 amide bonds. The van der Waals surface area contributed by atoms with E-state index in [0.717, 1.165) is 11.6 Å². The quantitative estimate of drug-likeness (QED) is 0.674. The van der Waals surface area contributed by atoms with Crippen LogP contribution in [0.2, 0.25) is 0 Å². The zero-order valence-electron chi connectivity index (χ0n) is 11.3. The smallest absolute Gasteiger partial charge is 0.336 e. The lowest BCUT2D eigenvalue weighted by molar-refractivity contribution is -0.384. The van der Waals surface area contributed by atoms with Gasteiger partial charge < -0.3 is 9.84 Å². The fourth-order valence-corrected chi connectivity index (χ4v) is 2.03. The molecular formula is C15H13NO5. The highest BCUT2D eigenvalue weighted by Gasteiger charge is 2.16. The van der Waals surface area contributed by atoms with Crippen LogP contribution in [0.4, 0.5) is 5.69 Å². The van der Waals surface area contributed by atoms with E-state index in [9.17, 15) is 20.0 Å². The Morgan fingerprint density at radius 3 is 2.67 bits per heavy atom. The van der Waals surface area contributed by atoms with E-state index < -0.39 is 10.9 Å². The number of rotatable bonds is 5. The van der Waals surface area contributed by atoms with Gasteiger partial charge >= 0.3 is 5.97 Å². The number of carboxylic acid groups (broad SMARTS) is 1. The molecule has 1 N–H and O–H groups in total. The first kappa shape index (κ1) is 14.5. The largest absolute Gasteiger partial charge is 0.497 e. The SMILES string of the molecule is COc1cccc(Cc2ccc([N+](=O)[O-])cc2C(=O)O)c1. The van der Waals surface area contributed by atoms with Crippen molar-refractivity contribution in [2.75, 3.05) is 7.11 Å². The molecule has 2 aromatic carbocycles. The summed E-state index contributed by atoms with van der Waals surface area (Å²) in [5, 5.41) is 19.9. The van der Waals surface area contributed by atoms with Crippen molar-refractivity contribution in [1.82, 2.24) is 0 Å². The van der Waals surface area contributed by atoms with E-state index in [1.54, 1.807) is 25.3 Å². The van der Waals surface area contributed by atoms with Crippen LogP contribution >= 0.6 is 0 Å².